The van der Waals surface area contributed by atoms with Gasteiger partial charge in [-0.05, 0) is 18.2 Å². The molecule has 116 valence electrons. The summed E-state index contributed by atoms with van der Waals surface area (Å²) in [6.45, 7) is 0.0324. The largest absolute Gasteiger partial charge is 0.508 e. The Morgan fingerprint density at radius 1 is 1.05 bits per heavy atom. The van der Waals surface area contributed by atoms with E-state index in [9.17, 15) is 9.90 Å². The minimum Gasteiger partial charge on any atom is -0.508 e. The first kappa shape index (κ1) is 15.7. The van der Waals surface area contributed by atoms with Crippen molar-refractivity contribution in [1.82, 2.24) is 0 Å². The summed E-state index contributed by atoms with van der Waals surface area (Å²) in [5.41, 5.74) is 0.462. The molecule has 2 aromatic rings. The number of para-hydroxylation sites is 3. The van der Waals surface area contributed by atoms with Gasteiger partial charge in [0.2, 0.25) is 0 Å². The van der Waals surface area contributed by atoms with Crippen LogP contribution in [0.15, 0.2) is 48.5 Å². The second-order valence-corrected chi connectivity index (χ2v) is 4.60. The summed E-state index contributed by atoms with van der Waals surface area (Å²) in [5.74, 6) is -0.0771. The fourth-order valence-electron chi connectivity index (χ4n) is 2.12. The van der Waals surface area contributed by atoms with Gasteiger partial charge in [-0.25, -0.2) is 0 Å². The predicted octanol–water partition coefficient (Wildman–Crippen LogP) is 2.74. The first-order chi connectivity index (χ1) is 10.7. The van der Waals surface area contributed by atoms with Gasteiger partial charge in [-0.3, -0.25) is 4.79 Å². The van der Waals surface area contributed by atoms with Crippen LogP contribution in [0, 0.1) is 0 Å². The Kier molecular flexibility index (Phi) is 5.25. The molecular weight excluding hydrogens is 284 g/mol. The number of hydrogen-bond donors (Lipinski definition) is 1. The summed E-state index contributed by atoms with van der Waals surface area (Å²) in [5, 5.41) is 9.94. The number of carbonyl (C=O) groups excluding carboxylic acids is 1. The maximum atomic E-state index is 12.0. The maximum Gasteiger partial charge on any atom is 0.316 e. The minimum atomic E-state index is -0.726. The fourth-order valence-corrected chi connectivity index (χ4v) is 2.12. The topological polar surface area (TPSA) is 65.0 Å². The molecule has 0 aliphatic carbocycles. The van der Waals surface area contributed by atoms with Crippen molar-refractivity contribution < 1.29 is 24.1 Å². The Morgan fingerprint density at radius 2 is 1.68 bits per heavy atom. The average molecular weight is 302 g/mol. The van der Waals surface area contributed by atoms with Crippen LogP contribution in [0.5, 0.6) is 17.2 Å². The Morgan fingerprint density at radius 3 is 2.32 bits per heavy atom. The van der Waals surface area contributed by atoms with Crippen LogP contribution >= 0.6 is 0 Å². The highest BCUT2D eigenvalue weighted by atomic mass is 16.5. The van der Waals surface area contributed by atoms with Crippen LogP contribution in [0.1, 0.15) is 11.5 Å². The summed E-state index contributed by atoms with van der Waals surface area (Å²) < 4.78 is 15.7. The zero-order chi connectivity index (χ0) is 15.9. The molecule has 0 bridgehead atoms. The van der Waals surface area contributed by atoms with Gasteiger partial charge in [0.1, 0.15) is 18.3 Å². The van der Waals surface area contributed by atoms with Gasteiger partial charge in [-0.2, -0.15) is 0 Å². The second-order valence-electron chi connectivity index (χ2n) is 4.60. The van der Waals surface area contributed by atoms with Crippen molar-refractivity contribution >= 4 is 5.97 Å². The average Bonchev–Trinajstić information content (AvgIpc) is 2.56. The SMILES string of the molecule is COC(=O)C(COc1ccccc1OC)c1ccccc1O. The monoisotopic (exact) mass is 302 g/mol. The molecule has 0 saturated heterocycles. The Balaban J connectivity index is 2.21. The van der Waals surface area contributed by atoms with E-state index in [0.29, 0.717) is 17.1 Å². The van der Waals surface area contributed by atoms with Crippen molar-refractivity contribution in [3.63, 3.8) is 0 Å². The molecule has 2 rings (SSSR count). The first-order valence-corrected chi connectivity index (χ1v) is 6.79. The summed E-state index contributed by atoms with van der Waals surface area (Å²) >= 11 is 0. The van der Waals surface area contributed by atoms with Gasteiger partial charge in [0.25, 0.3) is 0 Å². The molecule has 0 heterocycles. The molecule has 22 heavy (non-hydrogen) atoms. The maximum absolute atomic E-state index is 12.0. The molecule has 0 fully saturated rings. The van der Waals surface area contributed by atoms with Crippen LogP contribution in [0.3, 0.4) is 0 Å². The Bertz CT molecular complexity index is 638. The molecule has 1 atom stereocenters. The number of ether oxygens (including phenoxy) is 3. The molecule has 1 N–H and O–H groups in total. The fraction of sp³-hybridized carbons (Fsp3) is 0.235. The lowest BCUT2D eigenvalue weighted by atomic mass is 9.99. The van der Waals surface area contributed by atoms with E-state index in [1.165, 1.54) is 13.2 Å². The number of rotatable bonds is 6. The van der Waals surface area contributed by atoms with Crippen LogP contribution in [-0.2, 0) is 9.53 Å². The number of phenols is 1. The van der Waals surface area contributed by atoms with Crippen LogP contribution in [0.25, 0.3) is 0 Å². The van der Waals surface area contributed by atoms with Crippen molar-refractivity contribution in [1.29, 1.82) is 0 Å². The number of hydrogen-bond acceptors (Lipinski definition) is 5. The zero-order valence-electron chi connectivity index (χ0n) is 12.5. The summed E-state index contributed by atoms with van der Waals surface area (Å²) in [4.78, 5) is 12.0. The highest BCUT2D eigenvalue weighted by Crippen LogP contribution is 2.30. The van der Waals surface area contributed by atoms with Gasteiger partial charge in [0.05, 0.1) is 14.2 Å². The molecule has 0 aliphatic rings. The highest BCUT2D eigenvalue weighted by molar-refractivity contribution is 5.79. The molecular formula is C17H18O5. The van der Waals surface area contributed by atoms with Crippen LogP contribution in [0.2, 0.25) is 0 Å². The quantitative estimate of drug-likeness (QED) is 0.831. The van der Waals surface area contributed by atoms with E-state index >= 15 is 0 Å². The van der Waals surface area contributed by atoms with E-state index in [4.69, 9.17) is 14.2 Å². The smallest absolute Gasteiger partial charge is 0.316 e. The third-order valence-corrected chi connectivity index (χ3v) is 3.27. The van der Waals surface area contributed by atoms with E-state index in [1.54, 1.807) is 37.4 Å². The second kappa shape index (κ2) is 7.36. The molecule has 5 nitrogen and oxygen atoms in total. The van der Waals surface area contributed by atoms with E-state index in [1.807, 2.05) is 12.1 Å². The van der Waals surface area contributed by atoms with Crippen molar-refractivity contribution in [2.45, 2.75) is 5.92 Å². The summed E-state index contributed by atoms with van der Waals surface area (Å²) in [7, 11) is 2.85. The first-order valence-electron chi connectivity index (χ1n) is 6.79. The molecule has 0 amide bonds. The van der Waals surface area contributed by atoms with Gasteiger partial charge in [-0.15, -0.1) is 0 Å². The zero-order valence-corrected chi connectivity index (χ0v) is 12.5. The molecule has 2 aromatic carbocycles. The number of methoxy groups -OCH3 is 2. The lowest BCUT2D eigenvalue weighted by Crippen LogP contribution is -2.21. The summed E-state index contributed by atoms with van der Waals surface area (Å²) in [6.07, 6.45) is 0. The molecule has 0 spiro atoms. The van der Waals surface area contributed by atoms with E-state index in [-0.39, 0.29) is 12.4 Å². The Hall–Kier alpha value is -2.69. The summed E-state index contributed by atoms with van der Waals surface area (Å²) in [6, 6.07) is 13.8. The lowest BCUT2D eigenvalue weighted by Gasteiger charge is -2.18. The molecule has 0 radical (unpaired) electrons. The van der Waals surface area contributed by atoms with Gasteiger partial charge in [0, 0.05) is 5.56 Å². The minimum absolute atomic E-state index is 0.0292. The molecule has 1 unspecified atom stereocenters. The van der Waals surface area contributed by atoms with E-state index < -0.39 is 11.9 Å². The van der Waals surface area contributed by atoms with Crippen LogP contribution in [0.4, 0.5) is 0 Å². The van der Waals surface area contributed by atoms with Gasteiger partial charge < -0.3 is 19.3 Å². The van der Waals surface area contributed by atoms with Crippen molar-refractivity contribution in [3.8, 4) is 17.2 Å². The molecule has 0 aliphatic heterocycles. The van der Waals surface area contributed by atoms with Crippen LogP contribution in [-0.4, -0.2) is 31.9 Å². The number of benzene rings is 2. The standard InChI is InChI=1S/C17H18O5/c1-20-15-9-5-6-10-16(15)22-11-13(17(19)21-2)12-7-3-4-8-14(12)18/h3-10,13,18H,11H2,1-2H3. The molecule has 0 aromatic heterocycles. The normalized spacial score (nSPS) is 11.5. The van der Waals surface area contributed by atoms with Crippen molar-refractivity contribution in [3.05, 3.63) is 54.1 Å². The molecule has 0 saturated carbocycles. The van der Waals surface area contributed by atoms with E-state index in [2.05, 4.69) is 0 Å². The van der Waals surface area contributed by atoms with Gasteiger partial charge >= 0.3 is 5.97 Å². The Labute approximate surface area is 129 Å². The highest BCUT2D eigenvalue weighted by Gasteiger charge is 2.25. The van der Waals surface area contributed by atoms with Crippen molar-refractivity contribution in [2.24, 2.45) is 0 Å². The van der Waals surface area contributed by atoms with Crippen LogP contribution < -0.4 is 9.47 Å². The van der Waals surface area contributed by atoms with Gasteiger partial charge in [0.15, 0.2) is 11.5 Å². The van der Waals surface area contributed by atoms with Crippen molar-refractivity contribution in [2.75, 3.05) is 20.8 Å². The van der Waals surface area contributed by atoms with Gasteiger partial charge in [-0.1, -0.05) is 30.3 Å². The lowest BCUT2D eigenvalue weighted by molar-refractivity contribution is -0.143. The third-order valence-electron chi connectivity index (χ3n) is 3.27. The number of aromatic hydroxyl groups is 1. The number of phenolic OH excluding ortho intramolecular Hbond substituents is 1. The number of esters is 1. The third kappa shape index (κ3) is 3.49. The predicted molar refractivity (Wildman–Crippen MR) is 81.4 cm³/mol. The molecule has 5 heteroatoms. The number of carbonyl (C=O) groups is 1. The van der Waals surface area contributed by atoms with E-state index in [0.717, 1.165) is 0 Å².